The van der Waals surface area contributed by atoms with Crippen molar-refractivity contribution in [3.05, 3.63) is 108 Å². The van der Waals surface area contributed by atoms with E-state index in [2.05, 4.69) is 12.1 Å². The standard InChI is InChI=1S/C27H22O4/c1-30-25-15-16-26(21-7-9-22(10-8-21)27(28)29)23(17-25)18-31-24-13-11-20(12-14-24)19-5-3-2-4-6-19/h2-17H,18H2,1H3,(H,28,29). The van der Waals surface area contributed by atoms with Gasteiger partial charge in [0.25, 0.3) is 0 Å². The summed E-state index contributed by atoms with van der Waals surface area (Å²) in [5.41, 5.74) is 5.40. The van der Waals surface area contributed by atoms with Gasteiger partial charge in [0.2, 0.25) is 0 Å². The van der Waals surface area contributed by atoms with Crippen LogP contribution in [0.2, 0.25) is 0 Å². The molecular weight excluding hydrogens is 388 g/mol. The monoisotopic (exact) mass is 410 g/mol. The molecule has 4 heteroatoms. The zero-order chi connectivity index (χ0) is 21.6. The van der Waals surface area contributed by atoms with Crippen molar-refractivity contribution >= 4 is 5.97 Å². The first-order chi connectivity index (χ1) is 15.1. The Labute approximate surface area is 181 Å². The average Bonchev–Trinajstić information content (AvgIpc) is 2.83. The highest BCUT2D eigenvalue weighted by Gasteiger charge is 2.10. The number of methoxy groups -OCH3 is 1. The summed E-state index contributed by atoms with van der Waals surface area (Å²) in [5, 5.41) is 9.14. The maximum Gasteiger partial charge on any atom is 0.335 e. The van der Waals surface area contributed by atoms with Crippen LogP contribution in [0.3, 0.4) is 0 Å². The second kappa shape index (κ2) is 9.18. The third kappa shape index (κ3) is 4.75. The Hall–Kier alpha value is -4.05. The van der Waals surface area contributed by atoms with Crippen LogP contribution in [-0.4, -0.2) is 18.2 Å². The number of carboxylic acid groups (broad SMARTS) is 1. The van der Waals surface area contributed by atoms with Crippen molar-refractivity contribution in [2.24, 2.45) is 0 Å². The van der Waals surface area contributed by atoms with Crippen molar-refractivity contribution in [1.82, 2.24) is 0 Å². The molecule has 0 atom stereocenters. The SMILES string of the molecule is COc1ccc(-c2ccc(C(=O)O)cc2)c(COc2ccc(-c3ccccc3)cc2)c1. The van der Waals surface area contributed by atoms with Gasteiger partial charge in [-0.15, -0.1) is 0 Å². The summed E-state index contributed by atoms with van der Waals surface area (Å²) in [6.45, 7) is 0.359. The molecule has 4 aromatic carbocycles. The molecule has 4 aromatic rings. The number of rotatable bonds is 7. The number of benzene rings is 4. The van der Waals surface area contributed by atoms with Crippen LogP contribution in [0.5, 0.6) is 11.5 Å². The first-order valence-corrected chi connectivity index (χ1v) is 9.93. The smallest absolute Gasteiger partial charge is 0.335 e. The van der Waals surface area contributed by atoms with Gasteiger partial charge in [0, 0.05) is 5.56 Å². The summed E-state index contributed by atoms with van der Waals surface area (Å²) < 4.78 is 11.4. The van der Waals surface area contributed by atoms with E-state index in [4.69, 9.17) is 14.6 Å². The minimum atomic E-state index is -0.941. The van der Waals surface area contributed by atoms with Crippen LogP contribution in [0.4, 0.5) is 0 Å². The van der Waals surface area contributed by atoms with Crippen molar-refractivity contribution in [2.75, 3.05) is 7.11 Å². The zero-order valence-corrected chi connectivity index (χ0v) is 17.1. The van der Waals surface area contributed by atoms with Crippen LogP contribution in [0, 0.1) is 0 Å². The predicted octanol–water partition coefficient (Wildman–Crippen LogP) is 6.31. The van der Waals surface area contributed by atoms with Gasteiger partial charge >= 0.3 is 5.97 Å². The van der Waals surface area contributed by atoms with Gasteiger partial charge in [-0.05, 0) is 58.7 Å². The molecule has 0 unspecified atom stereocenters. The molecule has 0 aliphatic heterocycles. The maximum atomic E-state index is 11.1. The van der Waals surface area contributed by atoms with Crippen LogP contribution < -0.4 is 9.47 Å². The van der Waals surface area contributed by atoms with Gasteiger partial charge in [0.05, 0.1) is 12.7 Å². The van der Waals surface area contributed by atoms with Gasteiger partial charge in [-0.2, -0.15) is 0 Å². The summed E-state index contributed by atoms with van der Waals surface area (Å²) >= 11 is 0. The third-order valence-electron chi connectivity index (χ3n) is 5.11. The molecule has 0 radical (unpaired) electrons. The Kier molecular flexibility index (Phi) is 5.99. The summed E-state index contributed by atoms with van der Waals surface area (Å²) in [4.78, 5) is 11.1. The van der Waals surface area contributed by atoms with E-state index in [9.17, 15) is 4.79 Å². The van der Waals surface area contributed by atoms with E-state index in [1.807, 2.05) is 72.8 Å². The molecule has 1 N–H and O–H groups in total. The zero-order valence-electron chi connectivity index (χ0n) is 17.1. The highest BCUT2D eigenvalue weighted by Crippen LogP contribution is 2.29. The lowest BCUT2D eigenvalue weighted by Gasteiger charge is -2.14. The maximum absolute atomic E-state index is 11.1. The van der Waals surface area contributed by atoms with Gasteiger partial charge in [-0.25, -0.2) is 4.79 Å². The van der Waals surface area contributed by atoms with Gasteiger partial charge in [0.1, 0.15) is 18.1 Å². The lowest BCUT2D eigenvalue weighted by atomic mass is 9.98. The number of carbonyl (C=O) groups is 1. The molecule has 0 saturated carbocycles. The van der Waals surface area contributed by atoms with E-state index >= 15 is 0 Å². The molecule has 0 aromatic heterocycles. The quantitative estimate of drug-likeness (QED) is 0.388. The van der Waals surface area contributed by atoms with Crippen molar-refractivity contribution in [1.29, 1.82) is 0 Å². The molecule has 0 heterocycles. The topological polar surface area (TPSA) is 55.8 Å². The number of hydrogen-bond acceptors (Lipinski definition) is 3. The third-order valence-corrected chi connectivity index (χ3v) is 5.11. The minimum Gasteiger partial charge on any atom is -0.497 e. The fraction of sp³-hybridized carbons (Fsp3) is 0.0741. The summed E-state index contributed by atoms with van der Waals surface area (Å²) in [6.07, 6.45) is 0. The molecule has 4 nitrogen and oxygen atoms in total. The molecule has 0 fully saturated rings. The molecule has 4 rings (SSSR count). The minimum absolute atomic E-state index is 0.258. The van der Waals surface area contributed by atoms with E-state index < -0.39 is 5.97 Å². The molecule has 0 amide bonds. The Bertz CT molecular complexity index is 1160. The first-order valence-electron chi connectivity index (χ1n) is 9.93. The molecule has 0 saturated heterocycles. The second-order valence-corrected chi connectivity index (χ2v) is 7.08. The Morgan fingerprint density at radius 2 is 1.35 bits per heavy atom. The summed E-state index contributed by atoms with van der Waals surface area (Å²) in [7, 11) is 1.63. The Morgan fingerprint density at radius 1 is 0.742 bits per heavy atom. The normalized spacial score (nSPS) is 10.5. The van der Waals surface area contributed by atoms with Crippen molar-refractivity contribution in [3.63, 3.8) is 0 Å². The van der Waals surface area contributed by atoms with Crippen molar-refractivity contribution < 1.29 is 19.4 Å². The van der Waals surface area contributed by atoms with Crippen LogP contribution in [0.1, 0.15) is 15.9 Å². The lowest BCUT2D eigenvalue weighted by molar-refractivity contribution is 0.0697. The van der Waals surface area contributed by atoms with Crippen molar-refractivity contribution in [3.8, 4) is 33.8 Å². The average molecular weight is 410 g/mol. The fourth-order valence-corrected chi connectivity index (χ4v) is 3.43. The number of ether oxygens (including phenoxy) is 2. The van der Waals surface area contributed by atoms with Crippen LogP contribution in [0.25, 0.3) is 22.3 Å². The largest absolute Gasteiger partial charge is 0.497 e. The molecular formula is C27H22O4. The number of hydrogen-bond donors (Lipinski definition) is 1. The second-order valence-electron chi connectivity index (χ2n) is 7.08. The Morgan fingerprint density at radius 3 is 2.00 bits per heavy atom. The molecule has 0 aliphatic rings. The van der Waals surface area contributed by atoms with Crippen LogP contribution >= 0.6 is 0 Å². The highest BCUT2D eigenvalue weighted by atomic mass is 16.5. The van der Waals surface area contributed by atoms with Gasteiger partial charge in [-0.1, -0.05) is 60.7 Å². The number of aromatic carboxylic acids is 1. The van der Waals surface area contributed by atoms with E-state index in [1.54, 1.807) is 19.2 Å². The molecule has 154 valence electrons. The number of carboxylic acids is 1. The molecule has 0 bridgehead atoms. The fourth-order valence-electron chi connectivity index (χ4n) is 3.43. The first kappa shape index (κ1) is 20.2. The van der Waals surface area contributed by atoms with Gasteiger partial charge in [-0.3, -0.25) is 0 Å². The molecule has 0 spiro atoms. The van der Waals surface area contributed by atoms with E-state index in [1.165, 1.54) is 0 Å². The van der Waals surface area contributed by atoms with Crippen LogP contribution in [-0.2, 0) is 6.61 Å². The van der Waals surface area contributed by atoms with Crippen LogP contribution in [0.15, 0.2) is 97.1 Å². The molecule has 0 aliphatic carbocycles. The van der Waals surface area contributed by atoms with E-state index in [0.29, 0.717) is 6.61 Å². The van der Waals surface area contributed by atoms with Gasteiger partial charge < -0.3 is 14.6 Å². The summed E-state index contributed by atoms with van der Waals surface area (Å²) in [6, 6.07) is 30.8. The van der Waals surface area contributed by atoms with Gasteiger partial charge in [0.15, 0.2) is 0 Å². The molecule has 31 heavy (non-hydrogen) atoms. The van der Waals surface area contributed by atoms with E-state index in [-0.39, 0.29) is 5.56 Å². The summed E-state index contributed by atoms with van der Waals surface area (Å²) in [5.74, 6) is 0.572. The van der Waals surface area contributed by atoms with Crippen molar-refractivity contribution in [2.45, 2.75) is 6.61 Å². The highest BCUT2D eigenvalue weighted by molar-refractivity contribution is 5.88. The van der Waals surface area contributed by atoms with E-state index in [0.717, 1.165) is 39.3 Å². The lowest BCUT2D eigenvalue weighted by Crippen LogP contribution is -2.00. The predicted molar refractivity (Wildman–Crippen MR) is 122 cm³/mol. The Balaban J connectivity index is 1.55.